The van der Waals surface area contributed by atoms with Gasteiger partial charge in [-0.1, -0.05) is 25.0 Å². The monoisotopic (exact) mass is 369 g/mol. The second kappa shape index (κ2) is 8.44. The molecule has 2 aliphatic rings. The number of hydrogen-bond acceptors (Lipinski definition) is 4. The van der Waals surface area contributed by atoms with E-state index in [1.165, 1.54) is 42.5 Å². The first-order chi connectivity index (χ1) is 13.2. The zero-order chi connectivity index (χ0) is 18.6. The van der Waals surface area contributed by atoms with Crippen molar-refractivity contribution in [3.8, 4) is 5.75 Å². The van der Waals surface area contributed by atoms with Crippen LogP contribution in [0.3, 0.4) is 0 Å². The first kappa shape index (κ1) is 18.5. The Labute approximate surface area is 162 Å². The van der Waals surface area contributed by atoms with Crippen molar-refractivity contribution >= 4 is 0 Å². The molecule has 1 fully saturated rings. The van der Waals surface area contributed by atoms with E-state index in [0.29, 0.717) is 5.92 Å². The third kappa shape index (κ3) is 4.36. The lowest BCUT2D eigenvalue weighted by atomic mass is 9.97. The summed E-state index contributed by atoms with van der Waals surface area (Å²) < 4.78 is 13.0. The minimum atomic E-state index is 0.349. The Balaban J connectivity index is 1.47. The molecule has 0 amide bonds. The predicted octanol–water partition coefficient (Wildman–Crippen LogP) is 3.83. The number of fused-ring (bicyclic) bond motifs is 1. The van der Waals surface area contributed by atoms with Gasteiger partial charge in [-0.05, 0) is 36.5 Å². The molecule has 0 N–H and O–H groups in total. The molecule has 2 aromatic rings. The van der Waals surface area contributed by atoms with E-state index in [1.54, 1.807) is 14.2 Å². The van der Waals surface area contributed by atoms with Gasteiger partial charge in [-0.25, -0.2) is 0 Å². The van der Waals surface area contributed by atoms with Crippen LogP contribution in [0.25, 0.3) is 0 Å². The molecular formula is C22H31N3O2. The van der Waals surface area contributed by atoms with E-state index in [9.17, 15) is 0 Å². The van der Waals surface area contributed by atoms with E-state index in [0.717, 1.165) is 44.5 Å². The fourth-order valence-electron chi connectivity index (χ4n) is 4.64. The van der Waals surface area contributed by atoms with Crippen LogP contribution >= 0.6 is 0 Å². The summed E-state index contributed by atoms with van der Waals surface area (Å²) in [6.07, 6.45) is 7.77. The van der Waals surface area contributed by atoms with E-state index in [4.69, 9.17) is 14.6 Å². The average Bonchev–Trinajstić information content (AvgIpc) is 3.32. The molecule has 27 heavy (non-hydrogen) atoms. The van der Waals surface area contributed by atoms with Crippen molar-refractivity contribution < 1.29 is 9.47 Å². The molecule has 1 aliphatic carbocycles. The normalized spacial score (nSPS) is 20.7. The molecular weight excluding hydrogens is 338 g/mol. The molecule has 1 aromatic heterocycles. The second-order valence-electron chi connectivity index (χ2n) is 8.08. The number of ether oxygens (including phenoxy) is 2. The topological polar surface area (TPSA) is 39.5 Å². The maximum Gasteiger partial charge on any atom is 0.118 e. The molecule has 4 rings (SSSR count). The van der Waals surface area contributed by atoms with Gasteiger partial charge in [-0.2, -0.15) is 5.10 Å². The Kier molecular flexibility index (Phi) is 5.79. The summed E-state index contributed by atoms with van der Waals surface area (Å²) in [6, 6.07) is 8.39. The number of aromatic nitrogens is 2. The summed E-state index contributed by atoms with van der Waals surface area (Å²) in [4.78, 5) is 2.51. The smallest absolute Gasteiger partial charge is 0.118 e. The highest BCUT2D eigenvalue weighted by atomic mass is 16.5. The van der Waals surface area contributed by atoms with Crippen LogP contribution in [0, 0.1) is 5.92 Å². The van der Waals surface area contributed by atoms with Gasteiger partial charge >= 0.3 is 0 Å². The molecule has 0 bridgehead atoms. The molecule has 0 radical (unpaired) electrons. The van der Waals surface area contributed by atoms with Gasteiger partial charge < -0.3 is 9.47 Å². The van der Waals surface area contributed by atoms with Crippen molar-refractivity contribution in [3.05, 3.63) is 47.3 Å². The van der Waals surface area contributed by atoms with Crippen LogP contribution in [-0.2, 0) is 24.4 Å². The van der Waals surface area contributed by atoms with Crippen LogP contribution in [0.15, 0.2) is 30.5 Å². The minimum Gasteiger partial charge on any atom is -0.497 e. The van der Waals surface area contributed by atoms with E-state index in [1.807, 2.05) is 12.1 Å². The van der Waals surface area contributed by atoms with Crippen molar-refractivity contribution in [2.75, 3.05) is 27.4 Å². The fraction of sp³-hybridized carbons (Fsp3) is 0.591. The van der Waals surface area contributed by atoms with Crippen molar-refractivity contribution in [2.45, 2.75) is 51.2 Å². The standard InChI is InChI=1S/C22H31N3O2/c1-26-16-20-14-24(11-18-7-9-21(27-2)10-8-18)13-19-15-25(23-22(19)20)12-17-5-3-4-6-17/h7-10,15,17,20H,3-6,11-14,16H2,1-2H3/t20-/m1/s1. The van der Waals surface area contributed by atoms with Gasteiger partial charge in [0.1, 0.15) is 5.75 Å². The van der Waals surface area contributed by atoms with Crippen LogP contribution in [-0.4, -0.2) is 42.1 Å². The van der Waals surface area contributed by atoms with Crippen LogP contribution in [0.1, 0.15) is 48.4 Å². The minimum absolute atomic E-state index is 0.349. The molecule has 0 saturated heterocycles. The first-order valence-electron chi connectivity index (χ1n) is 10.2. The summed E-state index contributed by atoms with van der Waals surface area (Å²) >= 11 is 0. The van der Waals surface area contributed by atoms with Crippen LogP contribution in [0.4, 0.5) is 0 Å². The molecule has 1 saturated carbocycles. The van der Waals surface area contributed by atoms with Gasteiger partial charge in [0.05, 0.1) is 19.4 Å². The van der Waals surface area contributed by atoms with E-state index < -0.39 is 0 Å². The lowest BCUT2D eigenvalue weighted by Gasteiger charge is -2.31. The molecule has 146 valence electrons. The summed E-state index contributed by atoms with van der Waals surface area (Å²) in [7, 11) is 3.50. The van der Waals surface area contributed by atoms with Crippen LogP contribution in [0.5, 0.6) is 5.75 Å². The van der Waals surface area contributed by atoms with Gasteiger partial charge in [0.15, 0.2) is 0 Å². The van der Waals surface area contributed by atoms with Gasteiger partial charge in [-0.15, -0.1) is 0 Å². The van der Waals surface area contributed by atoms with E-state index in [2.05, 4.69) is 27.9 Å². The first-order valence-corrected chi connectivity index (χ1v) is 10.2. The molecule has 2 heterocycles. The van der Waals surface area contributed by atoms with Crippen molar-refractivity contribution in [2.24, 2.45) is 5.92 Å². The van der Waals surface area contributed by atoms with Gasteiger partial charge in [0.25, 0.3) is 0 Å². The number of hydrogen-bond donors (Lipinski definition) is 0. The predicted molar refractivity (Wildman–Crippen MR) is 106 cm³/mol. The zero-order valence-electron chi connectivity index (χ0n) is 16.6. The molecule has 1 aliphatic heterocycles. The third-order valence-electron chi connectivity index (χ3n) is 5.98. The van der Waals surface area contributed by atoms with Gasteiger partial charge in [0.2, 0.25) is 0 Å². The fourth-order valence-corrected chi connectivity index (χ4v) is 4.64. The maximum absolute atomic E-state index is 5.52. The molecule has 5 nitrogen and oxygen atoms in total. The quantitative estimate of drug-likeness (QED) is 0.744. The molecule has 0 spiro atoms. The Morgan fingerprint density at radius 1 is 1.11 bits per heavy atom. The molecule has 5 heteroatoms. The maximum atomic E-state index is 5.52. The van der Waals surface area contributed by atoms with E-state index >= 15 is 0 Å². The SMILES string of the molecule is COC[C@H]1CN(Cc2ccc(OC)cc2)Cc2cn(CC3CCCC3)nc21. The van der Waals surface area contributed by atoms with Crippen molar-refractivity contribution in [1.29, 1.82) is 0 Å². The Bertz CT molecular complexity index is 735. The Morgan fingerprint density at radius 2 is 1.89 bits per heavy atom. The number of methoxy groups -OCH3 is 2. The Morgan fingerprint density at radius 3 is 2.59 bits per heavy atom. The lowest BCUT2D eigenvalue weighted by molar-refractivity contribution is 0.134. The second-order valence-corrected chi connectivity index (χ2v) is 8.08. The highest BCUT2D eigenvalue weighted by molar-refractivity contribution is 5.28. The van der Waals surface area contributed by atoms with Gasteiger partial charge in [-0.3, -0.25) is 9.58 Å². The summed E-state index contributed by atoms with van der Waals surface area (Å²) in [5.74, 6) is 2.06. The molecule has 1 aromatic carbocycles. The van der Waals surface area contributed by atoms with E-state index in [-0.39, 0.29) is 0 Å². The van der Waals surface area contributed by atoms with Crippen LogP contribution < -0.4 is 4.74 Å². The number of rotatable bonds is 7. The van der Waals surface area contributed by atoms with Gasteiger partial charge in [0, 0.05) is 51.0 Å². The highest BCUT2D eigenvalue weighted by Gasteiger charge is 2.29. The number of nitrogens with zero attached hydrogens (tertiary/aromatic N) is 3. The average molecular weight is 370 g/mol. The summed E-state index contributed by atoms with van der Waals surface area (Å²) in [6.45, 7) is 4.70. The zero-order valence-corrected chi connectivity index (χ0v) is 16.6. The number of benzene rings is 1. The highest BCUT2D eigenvalue weighted by Crippen LogP contribution is 2.31. The Hall–Kier alpha value is -1.85. The van der Waals surface area contributed by atoms with Crippen molar-refractivity contribution in [1.82, 2.24) is 14.7 Å². The lowest BCUT2D eigenvalue weighted by Crippen LogP contribution is -2.34. The summed E-state index contributed by atoms with van der Waals surface area (Å²) in [5, 5.41) is 4.97. The van der Waals surface area contributed by atoms with Crippen molar-refractivity contribution in [3.63, 3.8) is 0 Å². The molecule has 0 unspecified atom stereocenters. The largest absolute Gasteiger partial charge is 0.497 e. The third-order valence-corrected chi connectivity index (χ3v) is 5.98. The summed E-state index contributed by atoms with van der Waals surface area (Å²) in [5.41, 5.74) is 3.93. The van der Waals surface area contributed by atoms with Crippen LogP contribution in [0.2, 0.25) is 0 Å². The molecule has 1 atom stereocenters.